The lowest BCUT2D eigenvalue weighted by molar-refractivity contribution is 0.204. The highest BCUT2D eigenvalue weighted by Crippen LogP contribution is 2.33. The molecule has 112 valence electrons. The van der Waals surface area contributed by atoms with Crippen molar-refractivity contribution in [1.82, 2.24) is 14.5 Å². The Morgan fingerprint density at radius 3 is 2.95 bits per heavy atom. The fourth-order valence-electron chi connectivity index (χ4n) is 2.90. The Morgan fingerprint density at radius 2 is 2.24 bits per heavy atom. The summed E-state index contributed by atoms with van der Waals surface area (Å²) >= 11 is 12.2. The van der Waals surface area contributed by atoms with Gasteiger partial charge in [-0.3, -0.25) is 9.47 Å². The molecule has 3 nitrogen and oxygen atoms in total. The molecule has 2 heterocycles. The molecule has 2 aromatic rings. The van der Waals surface area contributed by atoms with Crippen LogP contribution < -0.4 is 0 Å². The largest absolute Gasteiger partial charge is 0.331 e. The van der Waals surface area contributed by atoms with Crippen molar-refractivity contribution in [2.75, 3.05) is 6.54 Å². The Morgan fingerprint density at radius 1 is 1.48 bits per heavy atom. The molecule has 2 atom stereocenters. The number of alkyl halides is 1. The minimum atomic E-state index is -0.166. The minimum absolute atomic E-state index is 0.166. The first-order valence-electron chi connectivity index (χ1n) is 7.22. The van der Waals surface area contributed by atoms with Crippen molar-refractivity contribution in [2.45, 2.75) is 38.9 Å². The van der Waals surface area contributed by atoms with E-state index in [-0.39, 0.29) is 11.5 Å². The predicted octanol–water partition coefficient (Wildman–Crippen LogP) is 4.61. The Kier molecular flexibility index (Phi) is 3.95. The van der Waals surface area contributed by atoms with Crippen LogP contribution in [0.2, 0.25) is 0 Å². The minimum Gasteiger partial charge on any atom is -0.331 e. The zero-order chi connectivity index (χ0) is 15.1. The van der Waals surface area contributed by atoms with E-state index in [4.69, 9.17) is 23.8 Å². The summed E-state index contributed by atoms with van der Waals surface area (Å²) in [4.78, 5) is 5.67. The number of nitrogens with zero attached hydrogens (tertiary/aromatic N) is 2. The molecule has 0 spiro atoms. The van der Waals surface area contributed by atoms with Crippen LogP contribution in [0.4, 0.5) is 0 Å². The Balaban J connectivity index is 2.13. The second kappa shape index (κ2) is 5.59. The molecule has 0 radical (unpaired) electrons. The number of aromatic nitrogens is 2. The van der Waals surface area contributed by atoms with Gasteiger partial charge in [0.2, 0.25) is 0 Å². The molecule has 3 rings (SSSR count). The lowest BCUT2D eigenvalue weighted by atomic mass is 10.1. The van der Waals surface area contributed by atoms with Crippen LogP contribution in [0.3, 0.4) is 0 Å². The molecule has 1 unspecified atom stereocenters. The van der Waals surface area contributed by atoms with E-state index in [1.54, 1.807) is 0 Å². The Bertz CT molecular complexity index is 754. The van der Waals surface area contributed by atoms with E-state index >= 15 is 0 Å². The lowest BCUT2D eigenvalue weighted by Gasteiger charge is -2.29. The van der Waals surface area contributed by atoms with E-state index in [0.717, 1.165) is 24.1 Å². The third kappa shape index (κ3) is 2.56. The summed E-state index contributed by atoms with van der Waals surface area (Å²) in [6, 6.07) is 6.51. The van der Waals surface area contributed by atoms with Gasteiger partial charge in [-0.15, -0.1) is 0 Å². The van der Waals surface area contributed by atoms with Gasteiger partial charge in [-0.1, -0.05) is 35.4 Å². The van der Waals surface area contributed by atoms with Crippen molar-refractivity contribution in [1.29, 1.82) is 0 Å². The van der Waals surface area contributed by atoms with Crippen molar-refractivity contribution < 1.29 is 0 Å². The van der Waals surface area contributed by atoms with Gasteiger partial charge in [-0.05, 0) is 44.6 Å². The first-order valence-corrected chi connectivity index (χ1v) is 8.07. The van der Waals surface area contributed by atoms with Crippen LogP contribution in [-0.2, 0) is 6.54 Å². The van der Waals surface area contributed by atoms with Crippen LogP contribution >= 0.6 is 23.8 Å². The summed E-state index contributed by atoms with van der Waals surface area (Å²) in [5.74, 6) is 0. The number of hydrogen-bond acceptors (Lipinski definition) is 2. The molecule has 0 amide bonds. The maximum Gasteiger partial charge on any atom is 0.179 e. The zero-order valence-electron chi connectivity index (χ0n) is 12.6. The number of allylic oxidation sites excluding steroid dienone is 1. The molecule has 1 aliphatic heterocycles. The summed E-state index contributed by atoms with van der Waals surface area (Å²) in [6.45, 7) is 8.22. The first kappa shape index (κ1) is 14.8. The van der Waals surface area contributed by atoms with Gasteiger partial charge < -0.3 is 4.98 Å². The molecule has 1 N–H and O–H groups in total. The normalized spacial score (nSPS) is 22.3. The Labute approximate surface area is 135 Å². The number of aromatic amines is 1. The van der Waals surface area contributed by atoms with Gasteiger partial charge in [0, 0.05) is 19.1 Å². The summed E-state index contributed by atoms with van der Waals surface area (Å²) in [5.41, 5.74) is 4.65. The number of rotatable bonds is 2. The molecule has 0 aliphatic carbocycles. The number of imidazole rings is 1. The number of H-pyrrole nitrogens is 1. The average Bonchev–Trinajstić information content (AvgIpc) is 2.72. The fraction of sp³-hybridized carbons (Fsp3) is 0.438. The second-order valence-corrected chi connectivity index (χ2v) is 6.77. The average molecular weight is 322 g/mol. The second-order valence-electron chi connectivity index (χ2n) is 5.94. The smallest absolute Gasteiger partial charge is 0.179 e. The molecule has 0 fully saturated rings. The van der Waals surface area contributed by atoms with Crippen LogP contribution in [0.1, 0.15) is 31.8 Å². The van der Waals surface area contributed by atoms with Crippen LogP contribution in [0, 0.1) is 4.77 Å². The fourth-order valence-corrected chi connectivity index (χ4v) is 3.63. The van der Waals surface area contributed by atoms with Gasteiger partial charge >= 0.3 is 0 Å². The number of para-hydroxylation sites is 1. The van der Waals surface area contributed by atoms with E-state index < -0.39 is 0 Å². The summed E-state index contributed by atoms with van der Waals surface area (Å²) in [5, 5.41) is 0. The summed E-state index contributed by atoms with van der Waals surface area (Å²) in [6.07, 6.45) is 2.25. The number of benzene rings is 1. The topological polar surface area (TPSA) is 24.0 Å². The number of halogens is 1. The molecule has 5 heteroatoms. The Hall–Kier alpha value is -1.10. The van der Waals surface area contributed by atoms with Crippen LogP contribution in [0.15, 0.2) is 29.8 Å². The number of hydrogen-bond donors (Lipinski definition) is 1. The van der Waals surface area contributed by atoms with Crippen LogP contribution in [-0.4, -0.2) is 27.0 Å². The molecule has 21 heavy (non-hydrogen) atoms. The van der Waals surface area contributed by atoms with Gasteiger partial charge in [0.05, 0.1) is 11.0 Å². The molecule has 1 aliphatic rings. The number of nitrogens with one attached hydrogen (secondary N) is 1. The third-order valence-electron chi connectivity index (χ3n) is 4.15. The molecule has 0 bridgehead atoms. The van der Waals surface area contributed by atoms with Crippen LogP contribution in [0.25, 0.3) is 11.0 Å². The van der Waals surface area contributed by atoms with Gasteiger partial charge in [-0.2, -0.15) is 0 Å². The van der Waals surface area contributed by atoms with Gasteiger partial charge in [0.25, 0.3) is 0 Å². The summed E-state index contributed by atoms with van der Waals surface area (Å²) in [7, 11) is 0. The maximum absolute atomic E-state index is 6.74. The summed E-state index contributed by atoms with van der Waals surface area (Å²) < 4.78 is 2.77. The highest BCUT2D eigenvalue weighted by Gasteiger charge is 2.29. The quantitative estimate of drug-likeness (QED) is 0.496. The lowest BCUT2D eigenvalue weighted by Crippen LogP contribution is -2.35. The van der Waals surface area contributed by atoms with E-state index in [1.807, 2.05) is 0 Å². The van der Waals surface area contributed by atoms with Gasteiger partial charge in [0.15, 0.2) is 4.77 Å². The van der Waals surface area contributed by atoms with E-state index in [1.165, 1.54) is 11.1 Å². The molecule has 0 saturated carbocycles. The highest BCUT2D eigenvalue weighted by molar-refractivity contribution is 7.71. The highest BCUT2D eigenvalue weighted by atomic mass is 35.5. The molecular formula is C16H20ClN3S. The van der Waals surface area contributed by atoms with Crippen molar-refractivity contribution in [3.05, 3.63) is 40.2 Å². The van der Waals surface area contributed by atoms with Gasteiger partial charge in [0.1, 0.15) is 5.50 Å². The third-order valence-corrected chi connectivity index (χ3v) is 5.01. The molecule has 1 aromatic heterocycles. The van der Waals surface area contributed by atoms with Crippen LogP contribution in [0.5, 0.6) is 0 Å². The monoisotopic (exact) mass is 321 g/mol. The zero-order valence-corrected chi connectivity index (χ0v) is 14.1. The molecular weight excluding hydrogens is 302 g/mol. The van der Waals surface area contributed by atoms with E-state index in [9.17, 15) is 0 Å². The van der Waals surface area contributed by atoms with Crippen molar-refractivity contribution in [3.63, 3.8) is 0 Å². The SMILES string of the molecule is CC(C)=CCN1Cc2cccc3[nH]c(=S)n(c23)C(Cl)[C@@H]1C. The van der Waals surface area contributed by atoms with Crippen molar-refractivity contribution in [3.8, 4) is 0 Å². The standard InChI is InChI=1S/C16H20ClN3S/c1-10(2)7-8-19-9-12-5-4-6-13-14(12)20(16(21)18-13)15(17)11(19)3/h4-7,11,15H,8-9H2,1-3H3,(H,18,21)/t11-,15?/m0/s1. The predicted molar refractivity (Wildman–Crippen MR) is 91.3 cm³/mol. The van der Waals surface area contributed by atoms with Crippen molar-refractivity contribution >= 4 is 34.9 Å². The maximum atomic E-state index is 6.74. The van der Waals surface area contributed by atoms with E-state index in [0.29, 0.717) is 4.77 Å². The first-order chi connectivity index (χ1) is 9.99. The molecule has 0 saturated heterocycles. The van der Waals surface area contributed by atoms with Crippen molar-refractivity contribution in [2.24, 2.45) is 0 Å². The van der Waals surface area contributed by atoms with E-state index in [2.05, 4.69) is 59.5 Å². The van der Waals surface area contributed by atoms with Gasteiger partial charge in [-0.25, -0.2) is 0 Å². The molecule has 1 aromatic carbocycles.